The molecule has 2 unspecified atom stereocenters. The van der Waals surface area contributed by atoms with E-state index in [4.69, 9.17) is 5.73 Å². The minimum atomic E-state index is 0.564. The van der Waals surface area contributed by atoms with Gasteiger partial charge >= 0.3 is 0 Å². The predicted molar refractivity (Wildman–Crippen MR) is 173 cm³/mol. The second kappa shape index (κ2) is 19.8. The van der Waals surface area contributed by atoms with Crippen molar-refractivity contribution in [3.05, 3.63) is 17.3 Å². The highest BCUT2D eigenvalue weighted by Gasteiger charge is 2.18. The molecule has 2 saturated carbocycles. The molecule has 0 spiro atoms. The third kappa shape index (κ3) is 13.8. The number of aromatic nitrogens is 1. The van der Waals surface area contributed by atoms with E-state index in [2.05, 4.69) is 24.1 Å². The Morgan fingerprint density at radius 2 is 0.949 bits per heavy atom. The third-order valence-corrected chi connectivity index (χ3v) is 9.99. The zero-order chi connectivity index (χ0) is 27.5. The fourth-order valence-electron chi connectivity index (χ4n) is 7.62. The van der Waals surface area contributed by atoms with Crippen molar-refractivity contribution in [1.82, 2.24) is 4.98 Å². The van der Waals surface area contributed by atoms with Gasteiger partial charge in [0.15, 0.2) is 0 Å². The number of anilines is 2. The first-order valence-corrected chi connectivity index (χ1v) is 17.6. The maximum absolute atomic E-state index is 5.99. The van der Waals surface area contributed by atoms with Crippen LogP contribution >= 0.6 is 0 Å². The van der Waals surface area contributed by atoms with E-state index in [9.17, 15) is 0 Å². The highest BCUT2D eigenvalue weighted by molar-refractivity contribution is 5.58. The largest absolute Gasteiger partial charge is 0.384 e. The van der Waals surface area contributed by atoms with Gasteiger partial charge in [0, 0.05) is 6.04 Å². The van der Waals surface area contributed by atoms with Gasteiger partial charge in [-0.25, -0.2) is 4.98 Å². The molecule has 0 aliphatic heterocycles. The standard InChI is InChI=1S/C36H65N3/c1-30-28-35(37)38-31(2)36(30)39-34-26-20-14-10-9-13-18-24-33(25-19-15-21-27-34)29-32-22-16-11-7-5-3-4-6-8-12-17-23-32/h28,32-34,39H,3-27,29H2,1-2H3,(H2,37,38). The van der Waals surface area contributed by atoms with Crippen LogP contribution in [-0.4, -0.2) is 11.0 Å². The second-order valence-corrected chi connectivity index (χ2v) is 13.6. The van der Waals surface area contributed by atoms with Crippen LogP contribution in [0.15, 0.2) is 6.07 Å². The molecule has 39 heavy (non-hydrogen) atoms. The molecule has 1 aromatic heterocycles. The summed E-state index contributed by atoms with van der Waals surface area (Å²) < 4.78 is 0. The fraction of sp³-hybridized carbons (Fsp3) is 0.861. The Hall–Kier alpha value is -1.25. The summed E-state index contributed by atoms with van der Waals surface area (Å²) in [6.45, 7) is 4.27. The van der Waals surface area contributed by atoms with E-state index in [1.54, 1.807) is 0 Å². The molecule has 2 aliphatic rings. The van der Waals surface area contributed by atoms with Gasteiger partial charge in [-0.3, -0.25) is 0 Å². The molecule has 2 fully saturated rings. The first kappa shape index (κ1) is 32.3. The zero-order valence-corrected chi connectivity index (χ0v) is 26.2. The molecular formula is C36H65N3. The Morgan fingerprint density at radius 3 is 1.36 bits per heavy atom. The number of hydrogen-bond donors (Lipinski definition) is 2. The van der Waals surface area contributed by atoms with Crippen molar-refractivity contribution in [3.63, 3.8) is 0 Å². The van der Waals surface area contributed by atoms with Crippen LogP contribution in [0.4, 0.5) is 11.5 Å². The maximum Gasteiger partial charge on any atom is 0.124 e. The summed E-state index contributed by atoms with van der Waals surface area (Å²) in [5.41, 5.74) is 9.50. The lowest BCUT2D eigenvalue weighted by molar-refractivity contribution is 0.283. The molecule has 224 valence electrons. The van der Waals surface area contributed by atoms with E-state index in [0.717, 1.165) is 17.5 Å². The molecule has 1 aromatic rings. The van der Waals surface area contributed by atoms with Gasteiger partial charge in [0.05, 0.1) is 11.4 Å². The van der Waals surface area contributed by atoms with Crippen LogP contribution in [0.25, 0.3) is 0 Å². The van der Waals surface area contributed by atoms with E-state index < -0.39 is 0 Å². The molecule has 0 saturated heterocycles. The van der Waals surface area contributed by atoms with Gasteiger partial charge in [-0.2, -0.15) is 0 Å². The molecule has 0 amide bonds. The summed E-state index contributed by atoms with van der Waals surface area (Å²) in [4.78, 5) is 4.54. The number of aryl methyl sites for hydroxylation is 2. The number of nitrogens with zero attached hydrogens (tertiary/aromatic N) is 1. The lowest BCUT2D eigenvalue weighted by Crippen LogP contribution is -2.21. The van der Waals surface area contributed by atoms with E-state index >= 15 is 0 Å². The number of nitrogen functional groups attached to an aromatic ring is 1. The van der Waals surface area contributed by atoms with Crippen LogP contribution < -0.4 is 11.1 Å². The first-order valence-electron chi connectivity index (χ1n) is 17.6. The van der Waals surface area contributed by atoms with Crippen molar-refractivity contribution in [2.45, 2.75) is 187 Å². The third-order valence-electron chi connectivity index (χ3n) is 9.99. The Labute approximate surface area is 243 Å². The van der Waals surface area contributed by atoms with E-state index in [1.807, 2.05) is 6.07 Å². The summed E-state index contributed by atoms with van der Waals surface area (Å²) in [5, 5.41) is 3.91. The monoisotopic (exact) mass is 540 g/mol. The van der Waals surface area contributed by atoms with Crippen molar-refractivity contribution in [3.8, 4) is 0 Å². The van der Waals surface area contributed by atoms with Crippen molar-refractivity contribution >= 4 is 11.5 Å². The quantitative estimate of drug-likeness (QED) is 0.400. The van der Waals surface area contributed by atoms with E-state index in [0.29, 0.717) is 11.9 Å². The number of nitrogens with one attached hydrogen (secondary N) is 1. The summed E-state index contributed by atoms with van der Waals surface area (Å²) >= 11 is 0. The number of nitrogens with two attached hydrogens (primary N) is 1. The Bertz CT molecular complexity index is 723. The lowest BCUT2D eigenvalue weighted by Gasteiger charge is -2.25. The first-order chi connectivity index (χ1) is 19.1. The number of hydrogen-bond acceptors (Lipinski definition) is 3. The molecule has 0 aromatic carbocycles. The number of pyridine rings is 1. The summed E-state index contributed by atoms with van der Waals surface area (Å²) in [7, 11) is 0. The predicted octanol–water partition coefficient (Wildman–Crippen LogP) is 11.5. The normalized spacial score (nSPS) is 25.3. The molecule has 3 nitrogen and oxygen atoms in total. The SMILES string of the molecule is Cc1cc(N)nc(C)c1NC1CCCCCCCCC(CC2CCCCCCCCCCCC2)CCCCC1. The average molecular weight is 540 g/mol. The van der Waals surface area contributed by atoms with Crippen LogP contribution in [-0.2, 0) is 0 Å². The van der Waals surface area contributed by atoms with Gasteiger partial charge in [0.2, 0.25) is 0 Å². The average Bonchev–Trinajstić information content (AvgIpc) is 2.92. The highest BCUT2D eigenvalue weighted by atomic mass is 15.0. The molecule has 2 atom stereocenters. The second-order valence-electron chi connectivity index (χ2n) is 13.6. The van der Waals surface area contributed by atoms with Gasteiger partial charge < -0.3 is 11.1 Å². The van der Waals surface area contributed by atoms with E-state index in [1.165, 1.54) is 178 Å². The van der Waals surface area contributed by atoms with Gasteiger partial charge in [-0.15, -0.1) is 0 Å². The van der Waals surface area contributed by atoms with Crippen LogP contribution in [0.2, 0.25) is 0 Å². The maximum atomic E-state index is 5.99. The van der Waals surface area contributed by atoms with Crippen molar-refractivity contribution < 1.29 is 0 Å². The molecule has 3 heteroatoms. The molecule has 3 N–H and O–H groups in total. The van der Waals surface area contributed by atoms with Crippen LogP contribution in [0, 0.1) is 25.7 Å². The van der Waals surface area contributed by atoms with Gasteiger partial charge in [-0.1, -0.05) is 148 Å². The topological polar surface area (TPSA) is 50.9 Å². The highest BCUT2D eigenvalue weighted by Crippen LogP contribution is 2.32. The van der Waals surface area contributed by atoms with Gasteiger partial charge in [0.1, 0.15) is 5.82 Å². The Balaban J connectivity index is 1.51. The molecule has 0 bridgehead atoms. The van der Waals surface area contributed by atoms with Gasteiger partial charge in [0.25, 0.3) is 0 Å². The molecule has 3 rings (SSSR count). The zero-order valence-electron chi connectivity index (χ0n) is 26.2. The smallest absolute Gasteiger partial charge is 0.124 e. The molecular weight excluding hydrogens is 474 g/mol. The molecule has 1 heterocycles. The number of rotatable bonds is 4. The van der Waals surface area contributed by atoms with E-state index in [-0.39, 0.29) is 0 Å². The minimum absolute atomic E-state index is 0.564. The van der Waals surface area contributed by atoms with Crippen LogP contribution in [0.1, 0.15) is 178 Å². The van der Waals surface area contributed by atoms with Crippen molar-refractivity contribution in [2.75, 3.05) is 11.1 Å². The Morgan fingerprint density at radius 1 is 0.590 bits per heavy atom. The molecule has 2 aliphatic carbocycles. The summed E-state index contributed by atoms with van der Waals surface area (Å²) in [5.74, 6) is 2.63. The summed E-state index contributed by atoms with van der Waals surface area (Å²) in [6, 6.07) is 2.58. The molecule has 0 radical (unpaired) electrons. The van der Waals surface area contributed by atoms with Crippen molar-refractivity contribution in [1.29, 1.82) is 0 Å². The van der Waals surface area contributed by atoms with Crippen LogP contribution in [0.3, 0.4) is 0 Å². The Kier molecular flexibility index (Phi) is 16.4. The minimum Gasteiger partial charge on any atom is -0.384 e. The van der Waals surface area contributed by atoms with Crippen LogP contribution in [0.5, 0.6) is 0 Å². The van der Waals surface area contributed by atoms with Gasteiger partial charge in [-0.05, 0) is 56.6 Å². The van der Waals surface area contributed by atoms with Crippen molar-refractivity contribution in [2.24, 2.45) is 11.8 Å². The lowest BCUT2D eigenvalue weighted by atomic mass is 9.82. The fourth-order valence-corrected chi connectivity index (χ4v) is 7.62. The summed E-state index contributed by atoms with van der Waals surface area (Å²) in [6.07, 6.45) is 37.7.